The predicted octanol–water partition coefficient (Wildman–Crippen LogP) is 3.33. The first-order valence-electron chi connectivity index (χ1n) is 6.42. The van der Waals surface area contributed by atoms with Gasteiger partial charge in [0.1, 0.15) is 0 Å². The van der Waals surface area contributed by atoms with E-state index in [-0.39, 0.29) is 6.10 Å². The molecule has 3 unspecified atom stereocenters. The van der Waals surface area contributed by atoms with Crippen molar-refractivity contribution >= 4 is 0 Å². The SMILES string of the molecule is CCC1CCCCC1C(O)c1ccccn1. The van der Waals surface area contributed by atoms with E-state index in [0.717, 1.165) is 12.1 Å². The zero-order valence-electron chi connectivity index (χ0n) is 9.97. The number of nitrogens with zero attached hydrogens (tertiary/aromatic N) is 1. The minimum atomic E-state index is -0.369. The van der Waals surface area contributed by atoms with E-state index >= 15 is 0 Å². The Morgan fingerprint density at radius 2 is 2.19 bits per heavy atom. The first-order chi connectivity index (χ1) is 7.83. The molecule has 0 bridgehead atoms. The second-order valence-corrected chi connectivity index (χ2v) is 4.82. The van der Waals surface area contributed by atoms with Gasteiger partial charge >= 0.3 is 0 Å². The third-order valence-corrected chi connectivity index (χ3v) is 3.89. The smallest absolute Gasteiger partial charge is 0.0990 e. The summed E-state index contributed by atoms with van der Waals surface area (Å²) < 4.78 is 0. The molecule has 0 amide bonds. The van der Waals surface area contributed by atoms with Crippen molar-refractivity contribution in [3.63, 3.8) is 0 Å². The Balaban J connectivity index is 2.10. The van der Waals surface area contributed by atoms with E-state index in [1.54, 1.807) is 6.20 Å². The maximum absolute atomic E-state index is 10.4. The zero-order valence-corrected chi connectivity index (χ0v) is 9.97. The Kier molecular flexibility index (Phi) is 3.94. The van der Waals surface area contributed by atoms with Crippen molar-refractivity contribution in [2.24, 2.45) is 11.8 Å². The highest BCUT2D eigenvalue weighted by molar-refractivity contribution is 5.08. The molecule has 1 saturated carbocycles. The summed E-state index contributed by atoms with van der Waals surface area (Å²) in [7, 11) is 0. The van der Waals surface area contributed by atoms with E-state index in [1.165, 1.54) is 25.7 Å². The molecule has 1 aromatic rings. The molecule has 1 fully saturated rings. The maximum atomic E-state index is 10.4. The molecule has 16 heavy (non-hydrogen) atoms. The fourth-order valence-electron chi connectivity index (χ4n) is 2.93. The van der Waals surface area contributed by atoms with Gasteiger partial charge in [0, 0.05) is 6.20 Å². The van der Waals surface area contributed by atoms with Crippen LogP contribution in [0.4, 0.5) is 0 Å². The van der Waals surface area contributed by atoms with Crippen LogP contribution in [-0.2, 0) is 0 Å². The number of aromatic nitrogens is 1. The average Bonchev–Trinajstić information content (AvgIpc) is 2.39. The molecule has 1 aromatic heterocycles. The lowest BCUT2D eigenvalue weighted by Gasteiger charge is -2.34. The fourth-order valence-corrected chi connectivity index (χ4v) is 2.93. The van der Waals surface area contributed by atoms with Crippen LogP contribution in [-0.4, -0.2) is 10.1 Å². The summed E-state index contributed by atoms with van der Waals surface area (Å²) in [5.41, 5.74) is 0.841. The minimum absolute atomic E-state index is 0.369. The third-order valence-electron chi connectivity index (χ3n) is 3.89. The summed E-state index contributed by atoms with van der Waals surface area (Å²) in [6.45, 7) is 2.23. The number of hydrogen-bond donors (Lipinski definition) is 1. The van der Waals surface area contributed by atoms with Gasteiger partial charge in [-0.1, -0.05) is 38.7 Å². The van der Waals surface area contributed by atoms with Gasteiger partial charge in [-0.05, 0) is 30.4 Å². The van der Waals surface area contributed by atoms with E-state index in [0.29, 0.717) is 11.8 Å². The molecule has 0 saturated heterocycles. The molecule has 2 heteroatoms. The van der Waals surface area contributed by atoms with E-state index in [1.807, 2.05) is 18.2 Å². The Labute approximate surface area is 97.7 Å². The van der Waals surface area contributed by atoms with Crippen LogP contribution in [0.5, 0.6) is 0 Å². The molecule has 2 nitrogen and oxygen atoms in total. The average molecular weight is 219 g/mol. The molecule has 0 spiro atoms. The van der Waals surface area contributed by atoms with Crippen molar-refractivity contribution in [2.75, 3.05) is 0 Å². The van der Waals surface area contributed by atoms with Crippen LogP contribution in [0.2, 0.25) is 0 Å². The Morgan fingerprint density at radius 3 is 2.88 bits per heavy atom. The van der Waals surface area contributed by atoms with Gasteiger partial charge in [-0.25, -0.2) is 0 Å². The summed E-state index contributed by atoms with van der Waals surface area (Å²) in [4.78, 5) is 4.27. The van der Waals surface area contributed by atoms with Crippen molar-refractivity contribution in [3.05, 3.63) is 30.1 Å². The molecule has 3 atom stereocenters. The lowest BCUT2D eigenvalue weighted by molar-refractivity contribution is 0.0422. The van der Waals surface area contributed by atoms with E-state index in [2.05, 4.69) is 11.9 Å². The van der Waals surface area contributed by atoms with Crippen LogP contribution in [0, 0.1) is 11.8 Å². The second-order valence-electron chi connectivity index (χ2n) is 4.82. The van der Waals surface area contributed by atoms with Crippen molar-refractivity contribution in [2.45, 2.75) is 45.1 Å². The molecular weight excluding hydrogens is 198 g/mol. The van der Waals surface area contributed by atoms with Gasteiger partial charge in [-0.2, -0.15) is 0 Å². The topological polar surface area (TPSA) is 33.1 Å². The van der Waals surface area contributed by atoms with Gasteiger partial charge in [-0.3, -0.25) is 4.98 Å². The van der Waals surface area contributed by atoms with Crippen LogP contribution >= 0.6 is 0 Å². The maximum Gasteiger partial charge on any atom is 0.0990 e. The van der Waals surface area contributed by atoms with Crippen LogP contribution in [0.1, 0.15) is 50.8 Å². The summed E-state index contributed by atoms with van der Waals surface area (Å²) in [5.74, 6) is 1.08. The highest BCUT2D eigenvalue weighted by atomic mass is 16.3. The Morgan fingerprint density at radius 1 is 1.38 bits per heavy atom. The number of hydrogen-bond acceptors (Lipinski definition) is 2. The van der Waals surface area contributed by atoms with Gasteiger partial charge in [0.05, 0.1) is 11.8 Å². The standard InChI is InChI=1S/C14H21NO/c1-2-11-7-3-4-8-12(11)14(16)13-9-5-6-10-15-13/h5-6,9-12,14,16H,2-4,7-8H2,1H3. The highest BCUT2D eigenvalue weighted by Crippen LogP contribution is 2.39. The molecule has 88 valence electrons. The van der Waals surface area contributed by atoms with E-state index in [9.17, 15) is 5.11 Å². The van der Waals surface area contributed by atoms with Gasteiger partial charge in [0.2, 0.25) is 0 Å². The first kappa shape index (κ1) is 11.6. The minimum Gasteiger partial charge on any atom is -0.387 e. The third kappa shape index (κ3) is 2.43. The normalized spacial score (nSPS) is 27.6. The van der Waals surface area contributed by atoms with Crippen molar-refractivity contribution < 1.29 is 5.11 Å². The zero-order chi connectivity index (χ0) is 11.4. The van der Waals surface area contributed by atoms with Crippen LogP contribution < -0.4 is 0 Å². The summed E-state index contributed by atoms with van der Waals surface area (Å²) in [6, 6.07) is 5.79. The first-order valence-corrected chi connectivity index (χ1v) is 6.42. The highest BCUT2D eigenvalue weighted by Gasteiger charge is 2.30. The lowest BCUT2D eigenvalue weighted by Crippen LogP contribution is -2.25. The molecule has 0 radical (unpaired) electrons. The number of aliphatic hydroxyl groups is 1. The van der Waals surface area contributed by atoms with Gasteiger partial charge in [-0.15, -0.1) is 0 Å². The molecule has 1 aliphatic carbocycles. The van der Waals surface area contributed by atoms with Crippen molar-refractivity contribution in [1.29, 1.82) is 0 Å². The summed E-state index contributed by atoms with van der Waals surface area (Å²) in [5, 5.41) is 10.4. The Bertz CT molecular complexity index is 312. The van der Waals surface area contributed by atoms with Crippen molar-refractivity contribution in [3.8, 4) is 0 Å². The van der Waals surface area contributed by atoms with Gasteiger partial charge in [0.15, 0.2) is 0 Å². The lowest BCUT2D eigenvalue weighted by atomic mass is 9.74. The van der Waals surface area contributed by atoms with Crippen LogP contribution in [0.25, 0.3) is 0 Å². The summed E-state index contributed by atoms with van der Waals surface area (Å²) in [6.07, 6.45) is 7.57. The van der Waals surface area contributed by atoms with Gasteiger partial charge < -0.3 is 5.11 Å². The second kappa shape index (κ2) is 5.44. The van der Waals surface area contributed by atoms with Gasteiger partial charge in [0.25, 0.3) is 0 Å². The quantitative estimate of drug-likeness (QED) is 0.845. The predicted molar refractivity (Wildman–Crippen MR) is 64.9 cm³/mol. The summed E-state index contributed by atoms with van der Waals surface area (Å²) >= 11 is 0. The molecule has 2 rings (SSSR count). The Hall–Kier alpha value is -0.890. The monoisotopic (exact) mass is 219 g/mol. The van der Waals surface area contributed by atoms with Crippen molar-refractivity contribution in [1.82, 2.24) is 4.98 Å². The largest absolute Gasteiger partial charge is 0.387 e. The number of aliphatic hydroxyl groups excluding tert-OH is 1. The van der Waals surface area contributed by atoms with Crippen LogP contribution in [0.15, 0.2) is 24.4 Å². The van der Waals surface area contributed by atoms with Crippen LogP contribution in [0.3, 0.4) is 0 Å². The number of rotatable bonds is 3. The fraction of sp³-hybridized carbons (Fsp3) is 0.643. The van der Waals surface area contributed by atoms with E-state index in [4.69, 9.17) is 0 Å². The van der Waals surface area contributed by atoms with E-state index < -0.39 is 0 Å². The molecular formula is C14H21NO. The molecule has 0 aliphatic heterocycles. The molecule has 0 aromatic carbocycles. The molecule has 1 heterocycles. The molecule has 1 aliphatic rings. The number of pyridine rings is 1. The molecule has 1 N–H and O–H groups in total.